The Labute approximate surface area is 212 Å². The van der Waals surface area contributed by atoms with Crippen LogP contribution in [0.1, 0.15) is 11.3 Å². The molecule has 0 fully saturated rings. The summed E-state index contributed by atoms with van der Waals surface area (Å²) in [5.41, 5.74) is 2.30. The van der Waals surface area contributed by atoms with E-state index in [1.165, 1.54) is 24.3 Å². The van der Waals surface area contributed by atoms with E-state index in [1.807, 2.05) is 83.4 Å². The van der Waals surface area contributed by atoms with Gasteiger partial charge in [0.25, 0.3) is 5.56 Å². The van der Waals surface area contributed by atoms with Crippen molar-refractivity contribution in [3.8, 4) is 16.9 Å². The van der Waals surface area contributed by atoms with E-state index in [0.29, 0.717) is 23.3 Å². The summed E-state index contributed by atoms with van der Waals surface area (Å²) in [6.45, 7) is 0.455. The Bertz CT molecular complexity index is 1780. The van der Waals surface area contributed by atoms with E-state index in [1.54, 1.807) is 7.11 Å². The molecule has 182 valence electrons. The number of hydrogen-bond acceptors (Lipinski definition) is 4. The van der Waals surface area contributed by atoms with Crippen molar-refractivity contribution in [1.82, 2.24) is 9.55 Å². The number of H-pyrrole nitrogens is 1. The lowest BCUT2D eigenvalue weighted by molar-refractivity contribution is -0.110. The van der Waals surface area contributed by atoms with E-state index in [2.05, 4.69) is 4.98 Å². The fraction of sp³-hybridized carbons (Fsp3) is 0.0968. The van der Waals surface area contributed by atoms with Gasteiger partial charge in [0.05, 0.1) is 12.8 Å². The molecule has 0 radical (unpaired) electrons. The Kier molecular flexibility index (Phi) is 5.39. The second kappa shape index (κ2) is 8.76. The third kappa shape index (κ3) is 3.79. The summed E-state index contributed by atoms with van der Waals surface area (Å²) >= 11 is 0. The first-order valence-corrected chi connectivity index (χ1v) is 12.0. The Hall–Kier alpha value is -4.68. The zero-order chi connectivity index (χ0) is 25.6. The molecule has 0 saturated heterocycles. The SMILES string of the molecule is COc1cccc(Cn2c3ccccc3c3c(-c4ccccc4)c(C4(O)C=CC(=O)C=C4)[nH]c(=O)c32)c1. The van der Waals surface area contributed by atoms with E-state index in [9.17, 15) is 14.7 Å². The van der Waals surface area contributed by atoms with Gasteiger partial charge in [0.2, 0.25) is 0 Å². The van der Waals surface area contributed by atoms with Gasteiger partial charge in [-0.25, -0.2) is 0 Å². The number of methoxy groups -OCH3 is 1. The fourth-order valence-corrected chi connectivity index (χ4v) is 5.16. The number of nitrogens with one attached hydrogen (secondary N) is 1. The number of ketones is 1. The number of para-hydroxylation sites is 1. The predicted molar refractivity (Wildman–Crippen MR) is 145 cm³/mol. The van der Waals surface area contributed by atoms with Crippen molar-refractivity contribution < 1.29 is 14.6 Å². The molecule has 5 aromatic rings. The number of allylic oxidation sites excluding steroid dienone is 2. The summed E-state index contributed by atoms with van der Waals surface area (Å²) in [5, 5.41) is 13.3. The number of carbonyl (C=O) groups excluding carboxylic acids is 1. The highest BCUT2D eigenvalue weighted by atomic mass is 16.5. The van der Waals surface area contributed by atoms with Crippen LogP contribution in [0.3, 0.4) is 0 Å². The van der Waals surface area contributed by atoms with Crippen LogP contribution in [0.2, 0.25) is 0 Å². The highest BCUT2D eigenvalue weighted by Crippen LogP contribution is 2.41. The van der Waals surface area contributed by atoms with Crippen LogP contribution in [-0.2, 0) is 16.9 Å². The van der Waals surface area contributed by atoms with E-state index >= 15 is 0 Å². The highest BCUT2D eigenvalue weighted by Gasteiger charge is 2.33. The molecule has 6 rings (SSSR count). The van der Waals surface area contributed by atoms with Gasteiger partial charge in [-0.05, 0) is 53.6 Å². The second-order valence-electron chi connectivity index (χ2n) is 9.14. The van der Waals surface area contributed by atoms with Gasteiger partial charge in [-0.3, -0.25) is 9.59 Å². The van der Waals surface area contributed by atoms with Crippen molar-refractivity contribution in [3.05, 3.63) is 125 Å². The lowest BCUT2D eigenvalue weighted by Gasteiger charge is -2.26. The van der Waals surface area contributed by atoms with E-state index in [-0.39, 0.29) is 11.3 Å². The minimum absolute atomic E-state index is 0.218. The number of rotatable bonds is 5. The van der Waals surface area contributed by atoms with Gasteiger partial charge in [-0.15, -0.1) is 0 Å². The molecule has 37 heavy (non-hydrogen) atoms. The van der Waals surface area contributed by atoms with Gasteiger partial charge in [0.15, 0.2) is 5.78 Å². The van der Waals surface area contributed by atoms with Crippen LogP contribution < -0.4 is 10.3 Å². The smallest absolute Gasteiger partial charge is 0.272 e. The molecule has 6 heteroatoms. The summed E-state index contributed by atoms with van der Waals surface area (Å²) in [4.78, 5) is 28.6. The van der Waals surface area contributed by atoms with Crippen LogP contribution in [0.4, 0.5) is 0 Å². The van der Waals surface area contributed by atoms with Crippen LogP contribution in [0.15, 0.2) is 108 Å². The lowest BCUT2D eigenvalue weighted by atomic mass is 9.86. The fourth-order valence-electron chi connectivity index (χ4n) is 5.16. The highest BCUT2D eigenvalue weighted by molar-refractivity contribution is 6.15. The summed E-state index contributed by atoms with van der Waals surface area (Å²) in [6.07, 6.45) is 5.50. The zero-order valence-electron chi connectivity index (χ0n) is 20.1. The molecule has 0 bridgehead atoms. The maximum atomic E-state index is 13.8. The van der Waals surface area contributed by atoms with Crippen molar-refractivity contribution >= 4 is 27.6 Å². The van der Waals surface area contributed by atoms with Crippen molar-refractivity contribution in [2.24, 2.45) is 0 Å². The Balaban J connectivity index is 1.72. The maximum Gasteiger partial charge on any atom is 0.272 e. The van der Waals surface area contributed by atoms with Crippen molar-refractivity contribution in [2.75, 3.05) is 7.11 Å². The topological polar surface area (TPSA) is 84.3 Å². The molecular weight excluding hydrogens is 464 g/mol. The number of fused-ring (bicyclic) bond motifs is 3. The normalized spacial score (nSPS) is 14.5. The van der Waals surface area contributed by atoms with Gasteiger partial charge in [0, 0.05) is 28.4 Å². The first kappa shape index (κ1) is 22.8. The number of aliphatic hydroxyl groups is 1. The van der Waals surface area contributed by atoms with Gasteiger partial charge < -0.3 is 19.4 Å². The molecule has 2 N–H and O–H groups in total. The quantitative estimate of drug-likeness (QED) is 0.361. The molecular formula is C31H24N2O4. The van der Waals surface area contributed by atoms with Crippen molar-refractivity contribution in [2.45, 2.75) is 12.1 Å². The summed E-state index contributed by atoms with van der Waals surface area (Å²) < 4.78 is 7.42. The third-order valence-corrected chi connectivity index (χ3v) is 6.87. The van der Waals surface area contributed by atoms with Crippen molar-refractivity contribution in [3.63, 3.8) is 0 Å². The number of hydrogen-bond donors (Lipinski definition) is 2. The zero-order valence-corrected chi connectivity index (χ0v) is 20.1. The molecule has 0 atom stereocenters. The van der Waals surface area contributed by atoms with Crippen LogP contribution >= 0.6 is 0 Å². The monoisotopic (exact) mass is 488 g/mol. The molecule has 0 spiro atoms. The van der Waals surface area contributed by atoms with Crippen LogP contribution in [0.5, 0.6) is 5.75 Å². The Morgan fingerprint density at radius 3 is 2.41 bits per heavy atom. The Morgan fingerprint density at radius 1 is 0.919 bits per heavy atom. The average Bonchev–Trinajstić information content (AvgIpc) is 3.25. The minimum atomic E-state index is -1.65. The van der Waals surface area contributed by atoms with E-state index < -0.39 is 5.60 Å². The summed E-state index contributed by atoms with van der Waals surface area (Å²) in [6, 6.07) is 25.3. The van der Waals surface area contributed by atoms with Gasteiger partial charge >= 0.3 is 0 Å². The second-order valence-corrected chi connectivity index (χ2v) is 9.14. The van der Waals surface area contributed by atoms with E-state index in [0.717, 1.165) is 33.2 Å². The standard InChI is InChI=1S/C31H24N2O4/c1-37-23-11-7-8-20(18-23)19-33-25-13-6-5-12-24(25)27-26(21-9-3-2-4-10-21)29(32-30(35)28(27)33)31(36)16-14-22(34)15-17-31/h2-18,36H,19H2,1H3,(H,32,35). The first-order chi connectivity index (χ1) is 18.0. The molecule has 3 aromatic carbocycles. The molecule has 0 aliphatic heterocycles. The number of aromatic nitrogens is 2. The largest absolute Gasteiger partial charge is 0.497 e. The van der Waals surface area contributed by atoms with E-state index in [4.69, 9.17) is 4.74 Å². The molecule has 1 aliphatic rings. The van der Waals surface area contributed by atoms with Crippen LogP contribution in [0.25, 0.3) is 32.9 Å². The molecule has 2 heterocycles. The lowest BCUT2D eigenvalue weighted by Crippen LogP contribution is -2.29. The third-order valence-electron chi connectivity index (χ3n) is 6.87. The maximum absolute atomic E-state index is 13.8. The number of nitrogens with zero attached hydrogens (tertiary/aromatic N) is 1. The molecule has 2 aromatic heterocycles. The van der Waals surface area contributed by atoms with Crippen LogP contribution in [-0.4, -0.2) is 27.6 Å². The van der Waals surface area contributed by atoms with Crippen LogP contribution in [0, 0.1) is 0 Å². The Morgan fingerprint density at radius 2 is 1.65 bits per heavy atom. The number of benzene rings is 3. The molecule has 6 nitrogen and oxygen atoms in total. The number of ether oxygens (including phenoxy) is 1. The minimum Gasteiger partial charge on any atom is -0.497 e. The van der Waals surface area contributed by atoms with Gasteiger partial charge in [-0.2, -0.15) is 0 Å². The molecule has 0 unspecified atom stereocenters. The summed E-state index contributed by atoms with van der Waals surface area (Å²) in [7, 11) is 1.63. The molecule has 0 amide bonds. The number of carbonyl (C=O) groups is 1. The van der Waals surface area contributed by atoms with Crippen molar-refractivity contribution in [1.29, 1.82) is 0 Å². The first-order valence-electron chi connectivity index (χ1n) is 12.0. The molecule has 1 aliphatic carbocycles. The average molecular weight is 489 g/mol. The molecule has 0 saturated carbocycles. The predicted octanol–water partition coefficient (Wildman–Crippen LogP) is 5.09. The number of pyridine rings is 1. The number of aromatic amines is 1. The van der Waals surface area contributed by atoms with Gasteiger partial charge in [-0.1, -0.05) is 60.7 Å². The van der Waals surface area contributed by atoms with Gasteiger partial charge in [0.1, 0.15) is 16.9 Å². The summed E-state index contributed by atoms with van der Waals surface area (Å²) in [5.74, 6) is 0.524.